The van der Waals surface area contributed by atoms with Gasteiger partial charge in [0.25, 0.3) is 0 Å². The molecule has 2 heterocycles. The lowest BCUT2D eigenvalue weighted by molar-refractivity contribution is -0.135. The highest BCUT2D eigenvalue weighted by molar-refractivity contribution is 6.31. The molecular formula is C19H26ClFN2O2. The number of morpholine rings is 1. The second-order valence-electron chi connectivity index (χ2n) is 7.01. The van der Waals surface area contributed by atoms with Gasteiger partial charge in [-0.3, -0.25) is 9.69 Å². The van der Waals surface area contributed by atoms with Gasteiger partial charge in [-0.1, -0.05) is 17.7 Å². The average Bonchev–Trinajstić information content (AvgIpc) is 2.63. The summed E-state index contributed by atoms with van der Waals surface area (Å²) >= 11 is 6.15. The van der Waals surface area contributed by atoms with Crippen LogP contribution in [0.5, 0.6) is 0 Å². The van der Waals surface area contributed by atoms with Gasteiger partial charge in [0.1, 0.15) is 5.82 Å². The molecule has 1 atom stereocenters. The minimum atomic E-state index is -0.299. The van der Waals surface area contributed by atoms with Gasteiger partial charge in [0.2, 0.25) is 5.91 Å². The summed E-state index contributed by atoms with van der Waals surface area (Å²) in [6.45, 7) is 5.50. The van der Waals surface area contributed by atoms with E-state index in [-0.39, 0.29) is 11.7 Å². The first-order valence-corrected chi connectivity index (χ1v) is 9.51. The van der Waals surface area contributed by atoms with Crippen LogP contribution in [-0.2, 0) is 16.1 Å². The summed E-state index contributed by atoms with van der Waals surface area (Å²) in [5, 5.41) is 0.490. The lowest BCUT2D eigenvalue weighted by Crippen LogP contribution is -2.41. The monoisotopic (exact) mass is 368 g/mol. The molecule has 0 aliphatic carbocycles. The van der Waals surface area contributed by atoms with Crippen LogP contribution in [0.4, 0.5) is 4.39 Å². The van der Waals surface area contributed by atoms with E-state index in [2.05, 4.69) is 4.90 Å². The minimum Gasteiger partial charge on any atom is -0.378 e. The Bertz CT molecular complexity index is 593. The van der Waals surface area contributed by atoms with Crippen molar-refractivity contribution >= 4 is 17.5 Å². The lowest BCUT2D eigenvalue weighted by atomic mass is 9.92. The van der Waals surface area contributed by atoms with E-state index < -0.39 is 0 Å². The van der Waals surface area contributed by atoms with Crippen LogP contribution in [0.15, 0.2) is 18.2 Å². The fraction of sp³-hybridized carbons (Fsp3) is 0.632. The summed E-state index contributed by atoms with van der Waals surface area (Å²) in [6, 6.07) is 4.60. The maximum absolute atomic E-state index is 13.2. The number of halogens is 2. The molecular weight excluding hydrogens is 343 g/mol. The summed E-state index contributed by atoms with van der Waals surface area (Å²) in [5.74, 6) is 0.492. The third-order valence-corrected chi connectivity index (χ3v) is 5.49. The molecule has 2 aliphatic rings. The van der Waals surface area contributed by atoms with Crippen molar-refractivity contribution in [2.45, 2.75) is 32.2 Å². The smallest absolute Gasteiger partial charge is 0.222 e. The van der Waals surface area contributed by atoms with Crippen LogP contribution in [0.25, 0.3) is 0 Å². The molecule has 1 aromatic rings. The Hall–Kier alpha value is -1.17. The number of ether oxygens (including phenoxy) is 1. The second-order valence-corrected chi connectivity index (χ2v) is 7.42. The number of hydrogen-bond acceptors (Lipinski definition) is 3. The molecule has 0 bridgehead atoms. The predicted molar refractivity (Wildman–Crippen MR) is 96.0 cm³/mol. The molecule has 2 saturated heterocycles. The van der Waals surface area contributed by atoms with Crippen LogP contribution in [0.2, 0.25) is 5.02 Å². The van der Waals surface area contributed by atoms with Crippen LogP contribution < -0.4 is 0 Å². The van der Waals surface area contributed by atoms with Gasteiger partial charge < -0.3 is 9.64 Å². The number of likely N-dealkylation sites (tertiary alicyclic amines) is 1. The van der Waals surface area contributed by atoms with Crippen LogP contribution in [0.1, 0.15) is 31.2 Å². The third-order valence-electron chi connectivity index (χ3n) is 5.14. The quantitative estimate of drug-likeness (QED) is 0.799. The summed E-state index contributed by atoms with van der Waals surface area (Å²) in [7, 11) is 0. The first-order chi connectivity index (χ1) is 12.1. The summed E-state index contributed by atoms with van der Waals surface area (Å²) < 4.78 is 18.5. The first kappa shape index (κ1) is 18.6. The summed E-state index contributed by atoms with van der Waals surface area (Å²) in [6.07, 6.45) is 3.86. The zero-order chi connectivity index (χ0) is 17.6. The maximum Gasteiger partial charge on any atom is 0.222 e. The third kappa shape index (κ3) is 5.40. The highest BCUT2D eigenvalue weighted by atomic mass is 35.5. The van der Waals surface area contributed by atoms with E-state index in [1.165, 1.54) is 18.6 Å². The molecule has 0 aromatic heterocycles. The van der Waals surface area contributed by atoms with Crippen LogP contribution in [0, 0.1) is 11.7 Å². The molecule has 25 heavy (non-hydrogen) atoms. The predicted octanol–water partition coefficient (Wildman–Crippen LogP) is 3.33. The summed E-state index contributed by atoms with van der Waals surface area (Å²) in [5.41, 5.74) is 0.966. The Morgan fingerprint density at radius 1 is 1.28 bits per heavy atom. The molecule has 0 spiro atoms. The van der Waals surface area contributed by atoms with Crippen molar-refractivity contribution in [1.29, 1.82) is 0 Å². The Labute approximate surface area is 153 Å². The normalized spacial score (nSPS) is 22.2. The first-order valence-electron chi connectivity index (χ1n) is 9.13. The number of nitrogens with zero attached hydrogens (tertiary/aromatic N) is 2. The molecule has 3 rings (SSSR count). The SMILES string of the molecule is O=C(CC[C@@H]1CCCN(Cc2ccc(F)cc2Cl)C1)N1CCOCC1. The van der Waals surface area contributed by atoms with E-state index in [4.69, 9.17) is 16.3 Å². The van der Waals surface area contributed by atoms with E-state index >= 15 is 0 Å². The number of hydrogen-bond donors (Lipinski definition) is 0. The van der Waals surface area contributed by atoms with E-state index in [1.54, 1.807) is 6.07 Å². The molecule has 0 N–H and O–H groups in total. The topological polar surface area (TPSA) is 32.8 Å². The van der Waals surface area contributed by atoms with E-state index in [0.717, 1.165) is 51.1 Å². The average molecular weight is 369 g/mol. The number of benzene rings is 1. The largest absolute Gasteiger partial charge is 0.378 e. The molecule has 6 heteroatoms. The van der Waals surface area contributed by atoms with Crippen molar-refractivity contribution in [3.8, 4) is 0 Å². The van der Waals surface area contributed by atoms with Crippen molar-refractivity contribution < 1.29 is 13.9 Å². The fourth-order valence-corrected chi connectivity index (χ4v) is 3.95. The van der Waals surface area contributed by atoms with Crippen molar-refractivity contribution in [3.63, 3.8) is 0 Å². The zero-order valence-electron chi connectivity index (χ0n) is 14.6. The second kappa shape index (κ2) is 8.97. The summed E-state index contributed by atoms with van der Waals surface area (Å²) in [4.78, 5) is 16.6. The Morgan fingerprint density at radius 2 is 2.08 bits per heavy atom. The van der Waals surface area contributed by atoms with Crippen molar-refractivity contribution in [2.75, 3.05) is 39.4 Å². The number of carbonyl (C=O) groups excluding carboxylic acids is 1. The number of rotatable bonds is 5. The van der Waals surface area contributed by atoms with Gasteiger partial charge in [-0.05, 0) is 49.4 Å². The standard InChI is InChI=1S/C19H26ClFN2O2/c20-18-12-17(21)5-4-16(18)14-22-7-1-2-15(13-22)3-6-19(24)23-8-10-25-11-9-23/h4-5,12,15H,1-3,6-11,13-14H2/t15-/m0/s1. The molecule has 2 aliphatic heterocycles. The Morgan fingerprint density at radius 3 is 2.84 bits per heavy atom. The lowest BCUT2D eigenvalue weighted by Gasteiger charge is -2.33. The van der Waals surface area contributed by atoms with Gasteiger partial charge in [0.05, 0.1) is 13.2 Å². The van der Waals surface area contributed by atoms with Gasteiger partial charge in [-0.15, -0.1) is 0 Å². The van der Waals surface area contributed by atoms with Gasteiger partial charge in [-0.2, -0.15) is 0 Å². The zero-order valence-corrected chi connectivity index (χ0v) is 15.3. The van der Waals surface area contributed by atoms with Gasteiger partial charge in [0, 0.05) is 37.6 Å². The number of amides is 1. The van der Waals surface area contributed by atoms with E-state index in [1.807, 2.05) is 4.90 Å². The highest BCUT2D eigenvalue weighted by Crippen LogP contribution is 2.25. The molecule has 4 nitrogen and oxygen atoms in total. The Kier molecular flexibility index (Phi) is 6.68. The fourth-order valence-electron chi connectivity index (χ4n) is 3.72. The van der Waals surface area contributed by atoms with E-state index in [0.29, 0.717) is 30.6 Å². The van der Waals surface area contributed by atoms with Crippen LogP contribution in [0.3, 0.4) is 0 Å². The van der Waals surface area contributed by atoms with Crippen molar-refractivity contribution in [3.05, 3.63) is 34.6 Å². The molecule has 138 valence electrons. The molecule has 0 radical (unpaired) electrons. The van der Waals surface area contributed by atoms with Gasteiger partial charge in [-0.25, -0.2) is 4.39 Å². The Balaban J connectivity index is 1.46. The van der Waals surface area contributed by atoms with Gasteiger partial charge in [0.15, 0.2) is 0 Å². The number of piperidine rings is 1. The molecule has 1 amide bonds. The van der Waals surface area contributed by atoms with Gasteiger partial charge >= 0.3 is 0 Å². The molecule has 1 aromatic carbocycles. The molecule has 0 unspecified atom stereocenters. The molecule has 0 saturated carbocycles. The van der Waals surface area contributed by atoms with Crippen molar-refractivity contribution in [1.82, 2.24) is 9.80 Å². The number of carbonyl (C=O) groups is 1. The van der Waals surface area contributed by atoms with Crippen LogP contribution >= 0.6 is 11.6 Å². The highest BCUT2D eigenvalue weighted by Gasteiger charge is 2.23. The minimum absolute atomic E-state index is 0.252. The molecule has 2 fully saturated rings. The maximum atomic E-state index is 13.2. The van der Waals surface area contributed by atoms with Crippen LogP contribution in [-0.4, -0.2) is 55.1 Å². The van der Waals surface area contributed by atoms with E-state index in [9.17, 15) is 9.18 Å². The van der Waals surface area contributed by atoms with Crippen molar-refractivity contribution in [2.24, 2.45) is 5.92 Å².